The number of aryl methyl sites for hydroxylation is 1. The van der Waals surface area contributed by atoms with Crippen LogP contribution in [-0.2, 0) is 11.2 Å². The molecular formula is C26H27FN2O5. The average molecular weight is 467 g/mol. The highest BCUT2D eigenvalue weighted by Gasteiger charge is 2.24. The van der Waals surface area contributed by atoms with Gasteiger partial charge in [-0.15, -0.1) is 0 Å². The molecule has 1 aliphatic heterocycles. The normalized spacial score (nSPS) is 13.9. The predicted molar refractivity (Wildman–Crippen MR) is 127 cm³/mol. The molecule has 1 aromatic heterocycles. The van der Waals surface area contributed by atoms with Gasteiger partial charge >= 0.3 is 5.63 Å². The van der Waals surface area contributed by atoms with Crippen LogP contribution in [0.15, 0.2) is 45.6 Å². The number of benzene rings is 2. The number of anilines is 1. The van der Waals surface area contributed by atoms with Gasteiger partial charge < -0.3 is 19.0 Å². The Bertz CT molecular complexity index is 1310. The number of Topliss-reactive ketones (excluding diaryl/α,β-unsaturated/α-hetero) is 1. The van der Waals surface area contributed by atoms with E-state index in [9.17, 15) is 18.8 Å². The highest BCUT2D eigenvalue weighted by molar-refractivity contribution is 5.94. The first-order valence-electron chi connectivity index (χ1n) is 11.2. The van der Waals surface area contributed by atoms with Crippen LogP contribution < -0.4 is 15.3 Å². The van der Waals surface area contributed by atoms with Crippen molar-refractivity contribution in [3.8, 4) is 5.75 Å². The lowest BCUT2D eigenvalue weighted by Gasteiger charge is -2.36. The van der Waals surface area contributed by atoms with Crippen LogP contribution in [0.2, 0.25) is 0 Å². The van der Waals surface area contributed by atoms with Gasteiger partial charge in [-0.1, -0.05) is 0 Å². The number of halogens is 1. The van der Waals surface area contributed by atoms with Gasteiger partial charge in [-0.3, -0.25) is 9.59 Å². The number of piperazine rings is 1. The molecule has 2 aromatic carbocycles. The SMILES string of the molecule is COc1ccc2c(C)c(CCC(=O)N3CCN(c4ccc(C(C)=O)cc4F)CC3)c(=O)oc2c1. The van der Waals surface area contributed by atoms with Crippen LogP contribution >= 0.6 is 0 Å². The topological polar surface area (TPSA) is 80.1 Å². The first kappa shape index (κ1) is 23.5. The molecule has 0 bridgehead atoms. The molecule has 1 amide bonds. The van der Waals surface area contributed by atoms with Gasteiger partial charge in [0.05, 0.1) is 12.8 Å². The Morgan fingerprint density at radius 3 is 2.47 bits per heavy atom. The summed E-state index contributed by atoms with van der Waals surface area (Å²) in [6.45, 7) is 5.15. The lowest BCUT2D eigenvalue weighted by atomic mass is 10.0. The number of fused-ring (bicyclic) bond motifs is 1. The van der Waals surface area contributed by atoms with Gasteiger partial charge in [0.25, 0.3) is 0 Å². The van der Waals surface area contributed by atoms with E-state index in [1.807, 2.05) is 17.9 Å². The van der Waals surface area contributed by atoms with Crippen molar-refractivity contribution in [3.05, 3.63) is 69.3 Å². The van der Waals surface area contributed by atoms with E-state index in [1.54, 1.807) is 36.3 Å². The zero-order valence-electron chi connectivity index (χ0n) is 19.5. The molecule has 0 saturated carbocycles. The molecule has 8 heteroatoms. The second kappa shape index (κ2) is 9.67. The number of hydrogen-bond donors (Lipinski definition) is 0. The molecule has 34 heavy (non-hydrogen) atoms. The molecule has 4 rings (SSSR count). The first-order valence-corrected chi connectivity index (χ1v) is 11.2. The second-order valence-electron chi connectivity index (χ2n) is 8.45. The van der Waals surface area contributed by atoms with Crippen LogP contribution in [0.5, 0.6) is 5.75 Å². The van der Waals surface area contributed by atoms with Crippen LogP contribution in [0.3, 0.4) is 0 Å². The molecule has 0 atom stereocenters. The Morgan fingerprint density at radius 2 is 1.82 bits per heavy atom. The fraction of sp³-hybridized carbons (Fsp3) is 0.346. The summed E-state index contributed by atoms with van der Waals surface area (Å²) in [6.07, 6.45) is 0.477. The number of hydrogen-bond acceptors (Lipinski definition) is 6. The summed E-state index contributed by atoms with van der Waals surface area (Å²) >= 11 is 0. The van der Waals surface area contributed by atoms with Gasteiger partial charge in [0, 0.05) is 55.2 Å². The fourth-order valence-electron chi connectivity index (χ4n) is 4.36. The Labute approximate surface area is 196 Å². The standard InChI is InChI=1S/C26H27FN2O5/c1-16-20-6-5-19(33-3)15-24(20)34-26(32)21(16)7-9-25(31)29-12-10-28(11-13-29)23-8-4-18(17(2)30)14-22(23)27/h4-6,8,14-15H,7,9-13H2,1-3H3. The molecule has 7 nitrogen and oxygen atoms in total. The summed E-state index contributed by atoms with van der Waals surface area (Å²) in [6, 6.07) is 9.81. The van der Waals surface area contributed by atoms with E-state index < -0.39 is 11.4 Å². The van der Waals surface area contributed by atoms with Crippen molar-refractivity contribution >= 4 is 28.3 Å². The Kier molecular flexibility index (Phi) is 6.68. The van der Waals surface area contributed by atoms with E-state index >= 15 is 0 Å². The summed E-state index contributed by atoms with van der Waals surface area (Å²) in [5.41, 5.74) is 2.08. The van der Waals surface area contributed by atoms with Gasteiger partial charge in [-0.2, -0.15) is 0 Å². The van der Waals surface area contributed by atoms with Crippen molar-refractivity contribution in [1.29, 1.82) is 0 Å². The largest absolute Gasteiger partial charge is 0.497 e. The number of carbonyl (C=O) groups excluding carboxylic acids is 2. The Morgan fingerprint density at radius 1 is 1.09 bits per heavy atom. The van der Waals surface area contributed by atoms with Gasteiger partial charge in [0.2, 0.25) is 5.91 Å². The highest BCUT2D eigenvalue weighted by Crippen LogP contribution is 2.25. The third-order valence-electron chi connectivity index (χ3n) is 6.41. The summed E-state index contributed by atoms with van der Waals surface area (Å²) in [5.74, 6) is -0.0765. The molecule has 1 fully saturated rings. The van der Waals surface area contributed by atoms with Crippen LogP contribution in [0.1, 0.15) is 34.8 Å². The molecule has 1 aliphatic rings. The van der Waals surface area contributed by atoms with Gasteiger partial charge in [0.1, 0.15) is 17.1 Å². The van der Waals surface area contributed by atoms with Crippen molar-refractivity contribution in [3.63, 3.8) is 0 Å². The predicted octanol–water partition coefficient (Wildman–Crippen LogP) is 3.73. The molecular weight excluding hydrogens is 439 g/mol. The quantitative estimate of drug-likeness (QED) is 0.407. The minimum absolute atomic E-state index is 0.0549. The zero-order chi connectivity index (χ0) is 24.4. The maximum Gasteiger partial charge on any atom is 0.339 e. The van der Waals surface area contributed by atoms with Crippen molar-refractivity contribution in [2.75, 3.05) is 38.2 Å². The van der Waals surface area contributed by atoms with Crippen molar-refractivity contribution in [1.82, 2.24) is 4.90 Å². The Balaban J connectivity index is 1.39. The minimum atomic E-state index is -0.444. The van der Waals surface area contributed by atoms with Gasteiger partial charge in [0.15, 0.2) is 5.78 Å². The minimum Gasteiger partial charge on any atom is -0.497 e. The number of methoxy groups -OCH3 is 1. The van der Waals surface area contributed by atoms with Crippen molar-refractivity contribution in [2.24, 2.45) is 0 Å². The second-order valence-corrected chi connectivity index (χ2v) is 8.45. The molecule has 3 aromatic rings. The van der Waals surface area contributed by atoms with Crippen molar-refractivity contribution in [2.45, 2.75) is 26.7 Å². The van der Waals surface area contributed by atoms with E-state index in [4.69, 9.17) is 9.15 Å². The number of amides is 1. The van der Waals surface area contributed by atoms with E-state index in [0.29, 0.717) is 54.3 Å². The number of nitrogens with zero attached hydrogens (tertiary/aromatic N) is 2. The summed E-state index contributed by atoms with van der Waals surface area (Å²) < 4.78 is 25.1. The molecule has 0 spiro atoms. The number of ketones is 1. The maximum atomic E-state index is 14.5. The summed E-state index contributed by atoms with van der Waals surface area (Å²) in [7, 11) is 1.55. The smallest absolute Gasteiger partial charge is 0.339 e. The molecule has 0 aliphatic carbocycles. The fourth-order valence-corrected chi connectivity index (χ4v) is 4.36. The summed E-state index contributed by atoms with van der Waals surface area (Å²) in [4.78, 5) is 40.4. The van der Waals surface area contributed by atoms with Crippen LogP contribution in [0.4, 0.5) is 10.1 Å². The van der Waals surface area contributed by atoms with E-state index in [0.717, 1.165) is 10.9 Å². The van der Waals surface area contributed by atoms with Crippen LogP contribution in [0, 0.1) is 12.7 Å². The zero-order valence-corrected chi connectivity index (χ0v) is 19.5. The lowest BCUT2D eigenvalue weighted by molar-refractivity contribution is -0.131. The average Bonchev–Trinajstić information content (AvgIpc) is 2.83. The molecule has 0 radical (unpaired) electrons. The maximum absolute atomic E-state index is 14.5. The van der Waals surface area contributed by atoms with Crippen LogP contribution in [0.25, 0.3) is 11.0 Å². The van der Waals surface area contributed by atoms with Crippen LogP contribution in [-0.4, -0.2) is 49.9 Å². The molecule has 178 valence electrons. The monoisotopic (exact) mass is 466 g/mol. The van der Waals surface area contributed by atoms with Crippen molar-refractivity contribution < 1.29 is 23.1 Å². The first-order chi connectivity index (χ1) is 16.3. The number of ether oxygens (including phenoxy) is 1. The van der Waals surface area contributed by atoms with E-state index in [1.165, 1.54) is 13.0 Å². The molecule has 0 N–H and O–H groups in total. The highest BCUT2D eigenvalue weighted by atomic mass is 19.1. The molecule has 0 unspecified atom stereocenters. The van der Waals surface area contributed by atoms with E-state index in [2.05, 4.69) is 0 Å². The lowest BCUT2D eigenvalue weighted by Crippen LogP contribution is -2.49. The summed E-state index contributed by atoms with van der Waals surface area (Å²) in [5, 5.41) is 0.814. The Hall–Kier alpha value is -3.68. The molecule has 1 saturated heterocycles. The van der Waals surface area contributed by atoms with Gasteiger partial charge in [-0.25, -0.2) is 9.18 Å². The number of carbonyl (C=O) groups is 2. The molecule has 2 heterocycles. The third-order valence-corrected chi connectivity index (χ3v) is 6.41. The number of rotatable bonds is 6. The third kappa shape index (κ3) is 4.66. The van der Waals surface area contributed by atoms with E-state index in [-0.39, 0.29) is 24.5 Å². The van der Waals surface area contributed by atoms with Gasteiger partial charge in [-0.05, 0) is 56.2 Å².